The summed E-state index contributed by atoms with van der Waals surface area (Å²) in [6.07, 6.45) is 1.70. The topological polar surface area (TPSA) is 85.6 Å². The summed E-state index contributed by atoms with van der Waals surface area (Å²) in [7, 11) is 1.35. The number of hydrogen-bond donors (Lipinski definition) is 1. The molecule has 2 unspecified atom stereocenters. The van der Waals surface area contributed by atoms with Crippen LogP contribution in [0.5, 0.6) is 0 Å². The number of amides is 2. The van der Waals surface area contributed by atoms with Gasteiger partial charge in [-0.2, -0.15) is 0 Å². The molecule has 2 heterocycles. The number of ether oxygens (including phenoxy) is 1. The molecule has 0 radical (unpaired) electrons. The number of urea groups is 1. The van der Waals surface area contributed by atoms with Gasteiger partial charge in [0.1, 0.15) is 5.92 Å². The lowest BCUT2D eigenvalue weighted by Gasteiger charge is -2.32. The van der Waals surface area contributed by atoms with Crippen LogP contribution >= 0.6 is 0 Å². The first-order valence-corrected chi connectivity index (χ1v) is 9.40. The number of benzene rings is 2. The van der Waals surface area contributed by atoms with Crippen molar-refractivity contribution in [2.24, 2.45) is 10.9 Å². The molecule has 4 rings (SSSR count). The number of methoxy groups -OCH3 is 1. The number of carbonyl (C=O) groups excluding carboxylic acids is 2. The number of para-hydroxylation sites is 2. The van der Waals surface area contributed by atoms with Crippen molar-refractivity contribution in [1.82, 2.24) is 14.9 Å². The van der Waals surface area contributed by atoms with E-state index in [1.807, 2.05) is 60.9 Å². The summed E-state index contributed by atoms with van der Waals surface area (Å²) in [4.78, 5) is 33.7. The Kier molecular flexibility index (Phi) is 4.88. The number of fused-ring (bicyclic) bond motifs is 1. The minimum Gasteiger partial charge on any atom is -0.468 e. The highest BCUT2D eigenvalue weighted by Crippen LogP contribution is 2.31. The molecule has 3 aromatic rings. The molecule has 0 spiro atoms. The van der Waals surface area contributed by atoms with Crippen LogP contribution in [0.4, 0.5) is 4.79 Å². The van der Waals surface area contributed by atoms with E-state index in [1.54, 1.807) is 6.33 Å². The third kappa shape index (κ3) is 3.51. The number of nitrogens with zero attached hydrogens (tertiary/aromatic N) is 3. The van der Waals surface area contributed by atoms with E-state index in [1.165, 1.54) is 7.11 Å². The van der Waals surface area contributed by atoms with Crippen molar-refractivity contribution >= 4 is 28.7 Å². The molecule has 1 N–H and O–H groups in total. The van der Waals surface area contributed by atoms with Crippen LogP contribution in [0.15, 0.2) is 53.8 Å². The van der Waals surface area contributed by atoms with Gasteiger partial charge in [0.25, 0.3) is 0 Å². The first-order valence-electron chi connectivity index (χ1n) is 9.40. The number of imidazole rings is 1. The number of rotatable bonds is 4. The van der Waals surface area contributed by atoms with Gasteiger partial charge in [0.15, 0.2) is 0 Å². The van der Waals surface area contributed by atoms with Gasteiger partial charge in [-0.05, 0) is 37.1 Å². The Morgan fingerprint density at radius 2 is 2.00 bits per heavy atom. The van der Waals surface area contributed by atoms with Crippen LogP contribution in [0, 0.1) is 19.8 Å². The number of hydrogen-bond acceptors (Lipinski definition) is 4. The summed E-state index contributed by atoms with van der Waals surface area (Å²) in [6, 6.07) is 12.7. The van der Waals surface area contributed by atoms with E-state index in [9.17, 15) is 9.59 Å². The normalized spacial score (nSPS) is 19.0. The second-order valence-electron chi connectivity index (χ2n) is 7.25. The molecule has 2 aromatic carbocycles. The van der Waals surface area contributed by atoms with Gasteiger partial charge in [-0.25, -0.2) is 14.8 Å². The van der Waals surface area contributed by atoms with E-state index in [4.69, 9.17) is 4.74 Å². The average molecular weight is 390 g/mol. The van der Waals surface area contributed by atoms with Gasteiger partial charge in [0, 0.05) is 0 Å². The fourth-order valence-corrected chi connectivity index (χ4v) is 3.84. The van der Waals surface area contributed by atoms with E-state index in [0.29, 0.717) is 5.71 Å². The molecule has 0 saturated carbocycles. The Hall–Kier alpha value is -3.48. The number of esters is 1. The van der Waals surface area contributed by atoms with E-state index in [-0.39, 0.29) is 6.54 Å². The van der Waals surface area contributed by atoms with Crippen LogP contribution in [0.25, 0.3) is 11.0 Å². The third-order valence-corrected chi connectivity index (χ3v) is 5.30. The maximum Gasteiger partial charge on any atom is 0.341 e. The molecule has 1 aliphatic heterocycles. The van der Waals surface area contributed by atoms with E-state index in [2.05, 4.69) is 15.3 Å². The molecule has 0 aliphatic carbocycles. The van der Waals surface area contributed by atoms with Crippen molar-refractivity contribution in [3.63, 3.8) is 0 Å². The van der Waals surface area contributed by atoms with Crippen molar-refractivity contribution < 1.29 is 14.3 Å². The fraction of sp³-hybridized carbons (Fsp3) is 0.273. The second-order valence-corrected chi connectivity index (χ2v) is 7.25. The molecule has 0 fully saturated rings. The maximum atomic E-state index is 12.8. The van der Waals surface area contributed by atoms with Gasteiger partial charge >= 0.3 is 12.0 Å². The maximum absolute atomic E-state index is 12.8. The number of aryl methyl sites for hydroxylation is 2. The van der Waals surface area contributed by atoms with Crippen LogP contribution in [0.1, 0.15) is 22.7 Å². The zero-order valence-corrected chi connectivity index (χ0v) is 16.5. The molecule has 2 amide bonds. The Bertz CT molecular complexity index is 1130. The van der Waals surface area contributed by atoms with Crippen LogP contribution in [-0.2, 0) is 16.1 Å². The average Bonchev–Trinajstić information content (AvgIpc) is 3.12. The minimum absolute atomic E-state index is 0.273. The van der Waals surface area contributed by atoms with Crippen molar-refractivity contribution in [3.05, 3.63) is 65.5 Å². The highest BCUT2D eigenvalue weighted by molar-refractivity contribution is 6.09. The Balaban J connectivity index is 1.78. The van der Waals surface area contributed by atoms with Crippen LogP contribution in [0.3, 0.4) is 0 Å². The lowest BCUT2D eigenvalue weighted by atomic mass is 9.85. The fourth-order valence-electron chi connectivity index (χ4n) is 3.84. The van der Waals surface area contributed by atoms with E-state index >= 15 is 0 Å². The summed E-state index contributed by atoms with van der Waals surface area (Å²) < 4.78 is 6.98. The predicted octanol–water partition coefficient (Wildman–Crippen LogP) is 3.35. The Morgan fingerprint density at radius 3 is 2.79 bits per heavy atom. The lowest BCUT2D eigenvalue weighted by molar-refractivity contribution is -0.144. The number of aromatic nitrogens is 2. The summed E-state index contributed by atoms with van der Waals surface area (Å²) >= 11 is 0. The monoisotopic (exact) mass is 390 g/mol. The number of nitrogens with one attached hydrogen (secondary N) is 1. The molecule has 7 nitrogen and oxygen atoms in total. The van der Waals surface area contributed by atoms with Crippen LogP contribution in [-0.4, -0.2) is 34.4 Å². The molecule has 1 aromatic heterocycles. The molecule has 148 valence electrons. The number of carbonyl (C=O) groups is 2. The van der Waals surface area contributed by atoms with Gasteiger partial charge < -0.3 is 14.6 Å². The SMILES string of the molecule is COC(=O)C1C(Cn2cnc3ccccc32)=NC(=O)NC1c1cc(C)ccc1C. The third-order valence-electron chi connectivity index (χ3n) is 5.30. The quantitative estimate of drug-likeness (QED) is 0.692. The molecule has 29 heavy (non-hydrogen) atoms. The van der Waals surface area contributed by atoms with Gasteiger partial charge in [-0.15, -0.1) is 0 Å². The van der Waals surface area contributed by atoms with Crippen LogP contribution in [0.2, 0.25) is 0 Å². The predicted molar refractivity (Wildman–Crippen MR) is 110 cm³/mol. The first kappa shape index (κ1) is 18.9. The smallest absolute Gasteiger partial charge is 0.341 e. The second kappa shape index (κ2) is 7.50. The largest absolute Gasteiger partial charge is 0.468 e. The van der Waals surface area contributed by atoms with Crippen molar-refractivity contribution in [1.29, 1.82) is 0 Å². The zero-order valence-electron chi connectivity index (χ0n) is 16.5. The molecule has 1 aliphatic rings. The Labute approximate surface area is 168 Å². The first-order chi connectivity index (χ1) is 14.0. The van der Waals surface area contributed by atoms with Gasteiger partial charge in [-0.1, -0.05) is 35.9 Å². The van der Waals surface area contributed by atoms with Crippen molar-refractivity contribution in [3.8, 4) is 0 Å². The summed E-state index contributed by atoms with van der Waals surface area (Å²) in [5, 5.41) is 2.86. The lowest BCUT2D eigenvalue weighted by Crippen LogP contribution is -2.46. The summed E-state index contributed by atoms with van der Waals surface area (Å²) in [5.74, 6) is -1.15. The standard InChI is InChI=1S/C22H22N4O3/c1-13-8-9-14(2)15(10-13)20-19(21(27)29-3)17(24-22(28)25-20)11-26-12-23-16-6-4-5-7-18(16)26/h4-10,12,19-20H,11H2,1-3H3,(H,25,28). The highest BCUT2D eigenvalue weighted by atomic mass is 16.5. The zero-order chi connectivity index (χ0) is 20.5. The van der Waals surface area contributed by atoms with Crippen LogP contribution < -0.4 is 5.32 Å². The molecular formula is C22H22N4O3. The molecule has 2 atom stereocenters. The van der Waals surface area contributed by atoms with Crippen molar-refractivity contribution in [2.45, 2.75) is 26.4 Å². The Morgan fingerprint density at radius 1 is 1.21 bits per heavy atom. The van der Waals surface area contributed by atoms with E-state index < -0.39 is 24.0 Å². The number of aliphatic imine (C=N–C) groups is 1. The molecule has 7 heteroatoms. The minimum atomic E-state index is -0.723. The van der Waals surface area contributed by atoms with Crippen molar-refractivity contribution in [2.75, 3.05) is 7.11 Å². The van der Waals surface area contributed by atoms with Gasteiger partial charge in [0.2, 0.25) is 0 Å². The van der Waals surface area contributed by atoms with Gasteiger partial charge in [-0.3, -0.25) is 4.79 Å². The summed E-state index contributed by atoms with van der Waals surface area (Å²) in [6.45, 7) is 4.21. The van der Waals surface area contributed by atoms with Gasteiger partial charge in [0.05, 0.1) is 42.8 Å². The summed E-state index contributed by atoms with van der Waals surface area (Å²) in [5.41, 5.74) is 5.13. The van der Waals surface area contributed by atoms with E-state index in [0.717, 1.165) is 27.7 Å². The molecular weight excluding hydrogens is 368 g/mol. The molecule has 0 saturated heterocycles. The highest BCUT2D eigenvalue weighted by Gasteiger charge is 2.40. The molecule has 0 bridgehead atoms.